The average molecular weight is 310 g/mol. The second kappa shape index (κ2) is 7.92. The fraction of sp³-hybridized carbons (Fsp3) is 0.400. The maximum absolute atomic E-state index is 6.42. The van der Waals surface area contributed by atoms with E-state index in [2.05, 4.69) is 53.0 Å². The number of thiol groups is 1. The first-order valence-electron chi connectivity index (χ1n) is 7.70. The van der Waals surface area contributed by atoms with Crippen LogP contribution in [0.25, 0.3) is 0 Å². The Labute approximate surface area is 143 Å². The predicted molar refractivity (Wildman–Crippen MR) is 104 cm³/mol. The van der Waals surface area contributed by atoms with Crippen LogP contribution >= 0.6 is 12.6 Å². The van der Waals surface area contributed by atoms with Crippen LogP contribution in [0.1, 0.15) is 47.5 Å². The molecular weight excluding hydrogens is 283 g/mol. The van der Waals surface area contributed by atoms with Crippen molar-refractivity contribution in [3.05, 3.63) is 69.1 Å². The molecule has 0 aromatic heterocycles. The van der Waals surface area contributed by atoms with Gasteiger partial charge in [0, 0.05) is 5.92 Å². The van der Waals surface area contributed by atoms with Crippen LogP contribution < -0.4 is 0 Å². The number of rotatable bonds is 5. The summed E-state index contributed by atoms with van der Waals surface area (Å²) in [6, 6.07) is 0. The van der Waals surface area contributed by atoms with E-state index in [1.807, 2.05) is 6.92 Å². The van der Waals surface area contributed by atoms with E-state index in [1.54, 1.807) is 0 Å². The number of hydrogen-bond donors (Lipinski definition) is 1. The Balaban J connectivity index is 3.38. The van der Waals surface area contributed by atoms with E-state index in [4.69, 9.17) is 20.5 Å². The minimum atomic E-state index is 0.192. The van der Waals surface area contributed by atoms with E-state index < -0.39 is 0 Å². The lowest BCUT2D eigenvalue weighted by atomic mass is 9.70. The van der Waals surface area contributed by atoms with E-state index in [1.165, 1.54) is 11.1 Å². The molecule has 22 heavy (non-hydrogen) atoms. The van der Waals surface area contributed by atoms with Gasteiger partial charge in [0.1, 0.15) is 7.85 Å². The van der Waals surface area contributed by atoms with E-state index in [-0.39, 0.29) is 5.92 Å². The minimum absolute atomic E-state index is 0.192. The summed E-state index contributed by atoms with van der Waals surface area (Å²) in [4.78, 5) is 1.04. The lowest BCUT2D eigenvalue weighted by molar-refractivity contribution is 0.752. The van der Waals surface area contributed by atoms with Gasteiger partial charge in [0.25, 0.3) is 0 Å². The van der Waals surface area contributed by atoms with E-state index in [0.717, 1.165) is 45.5 Å². The molecule has 0 amide bonds. The number of hydrogen-bond acceptors (Lipinski definition) is 1. The van der Waals surface area contributed by atoms with Crippen molar-refractivity contribution in [1.82, 2.24) is 0 Å². The van der Waals surface area contributed by atoms with Gasteiger partial charge in [-0.05, 0) is 69.1 Å². The summed E-state index contributed by atoms with van der Waals surface area (Å²) in [5, 5.41) is 0. The highest BCUT2D eigenvalue weighted by Crippen LogP contribution is 2.44. The van der Waals surface area contributed by atoms with Gasteiger partial charge in [-0.2, -0.15) is 0 Å². The summed E-state index contributed by atoms with van der Waals surface area (Å²) < 4.78 is 0. The Bertz CT molecular complexity index is 604. The summed E-state index contributed by atoms with van der Waals surface area (Å²) in [5.41, 5.74) is 7.51. The fourth-order valence-electron chi connectivity index (χ4n) is 2.64. The van der Waals surface area contributed by atoms with Crippen LogP contribution in [-0.4, -0.2) is 7.85 Å². The molecule has 0 saturated carbocycles. The van der Waals surface area contributed by atoms with Gasteiger partial charge in [0.15, 0.2) is 0 Å². The van der Waals surface area contributed by atoms with Gasteiger partial charge in [-0.3, -0.25) is 0 Å². The van der Waals surface area contributed by atoms with Crippen molar-refractivity contribution in [1.29, 1.82) is 0 Å². The average Bonchev–Trinajstić information content (AvgIpc) is 2.36. The van der Waals surface area contributed by atoms with Crippen LogP contribution in [0.2, 0.25) is 0 Å². The SMILES string of the molecule is [B]C1=C(C(=C)C)C(=C)C(CC=C(C)C)C(S)=C1CC=C(C)C. The van der Waals surface area contributed by atoms with Crippen molar-refractivity contribution in [2.45, 2.75) is 47.5 Å². The fourth-order valence-corrected chi connectivity index (χ4v) is 3.12. The molecule has 1 aliphatic carbocycles. The van der Waals surface area contributed by atoms with Crippen LogP contribution in [0.3, 0.4) is 0 Å². The third-order valence-electron chi connectivity index (χ3n) is 3.88. The molecule has 116 valence electrons. The van der Waals surface area contributed by atoms with Crippen molar-refractivity contribution in [2.24, 2.45) is 5.92 Å². The molecule has 0 saturated heterocycles. The molecule has 1 atom stereocenters. The van der Waals surface area contributed by atoms with Crippen LogP contribution in [0, 0.1) is 5.92 Å². The van der Waals surface area contributed by atoms with Crippen molar-refractivity contribution >= 4 is 20.5 Å². The zero-order valence-electron chi connectivity index (χ0n) is 14.6. The first-order chi connectivity index (χ1) is 10.2. The van der Waals surface area contributed by atoms with Crippen LogP contribution in [0.5, 0.6) is 0 Å². The maximum atomic E-state index is 6.42. The second-order valence-electron chi connectivity index (χ2n) is 6.51. The molecule has 0 aromatic rings. The Hall–Kier alpha value is -1.15. The maximum Gasteiger partial charge on any atom is 0.115 e. The van der Waals surface area contributed by atoms with Gasteiger partial charge in [0.2, 0.25) is 0 Å². The third-order valence-corrected chi connectivity index (χ3v) is 4.46. The molecule has 1 aliphatic rings. The van der Waals surface area contributed by atoms with Crippen LogP contribution in [-0.2, 0) is 0 Å². The predicted octanol–water partition coefficient (Wildman–Crippen LogP) is 6.07. The number of allylic oxidation sites excluding steroid dienone is 10. The highest BCUT2D eigenvalue weighted by molar-refractivity contribution is 7.84. The highest BCUT2D eigenvalue weighted by Gasteiger charge is 2.27. The van der Waals surface area contributed by atoms with Gasteiger partial charge in [0.05, 0.1) is 0 Å². The zero-order valence-corrected chi connectivity index (χ0v) is 15.5. The largest absolute Gasteiger partial charge is 0.147 e. The second-order valence-corrected chi connectivity index (χ2v) is 7.00. The van der Waals surface area contributed by atoms with Gasteiger partial charge in [-0.1, -0.05) is 47.5 Å². The summed E-state index contributed by atoms with van der Waals surface area (Å²) in [6.07, 6.45) is 6.15. The lowest BCUT2D eigenvalue weighted by Gasteiger charge is -2.32. The van der Waals surface area contributed by atoms with Crippen molar-refractivity contribution in [3.8, 4) is 0 Å². The molecule has 0 spiro atoms. The standard InChI is InChI=1S/C20H27BS/c1-12(2)8-10-16-15(7)18(14(5)6)19(21)17(20(16)22)11-9-13(3)4/h8-9,16,22H,5,7,10-11H2,1-4,6H3. The molecular formula is C20H27BS. The molecule has 0 bridgehead atoms. The van der Waals surface area contributed by atoms with Gasteiger partial charge < -0.3 is 0 Å². The Morgan fingerprint density at radius 1 is 1.14 bits per heavy atom. The molecule has 2 heteroatoms. The molecule has 0 aromatic carbocycles. The van der Waals surface area contributed by atoms with Crippen molar-refractivity contribution < 1.29 is 0 Å². The van der Waals surface area contributed by atoms with Gasteiger partial charge in [-0.25, -0.2) is 0 Å². The van der Waals surface area contributed by atoms with E-state index in [0.29, 0.717) is 0 Å². The highest BCUT2D eigenvalue weighted by atomic mass is 32.1. The minimum Gasteiger partial charge on any atom is -0.147 e. The molecule has 2 radical (unpaired) electrons. The van der Waals surface area contributed by atoms with Crippen molar-refractivity contribution in [3.63, 3.8) is 0 Å². The third kappa shape index (κ3) is 4.43. The normalized spacial score (nSPS) is 18.5. The smallest absolute Gasteiger partial charge is 0.115 e. The molecule has 0 heterocycles. The summed E-state index contributed by atoms with van der Waals surface area (Å²) in [5.74, 6) is 0.192. The monoisotopic (exact) mass is 310 g/mol. The zero-order chi connectivity index (χ0) is 17.0. The van der Waals surface area contributed by atoms with Crippen LogP contribution in [0.15, 0.2) is 69.1 Å². The molecule has 1 rings (SSSR count). The van der Waals surface area contributed by atoms with E-state index in [9.17, 15) is 0 Å². The van der Waals surface area contributed by atoms with Crippen molar-refractivity contribution in [2.75, 3.05) is 0 Å². The molecule has 0 nitrogen and oxygen atoms in total. The molecule has 0 N–H and O–H groups in total. The van der Waals surface area contributed by atoms with Gasteiger partial charge in [-0.15, -0.1) is 12.6 Å². The molecule has 1 unspecified atom stereocenters. The topological polar surface area (TPSA) is 0 Å². The Morgan fingerprint density at radius 2 is 1.68 bits per heavy atom. The molecule has 0 aliphatic heterocycles. The lowest BCUT2D eigenvalue weighted by Crippen LogP contribution is -2.17. The summed E-state index contributed by atoms with van der Waals surface area (Å²) in [6.45, 7) is 18.8. The molecule has 0 fully saturated rings. The van der Waals surface area contributed by atoms with Crippen LogP contribution in [0.4, 0.5) is 0 Å². The Morgan fingerprint density at radius 3 is 2.14 bits per heavy atom. The quantitative estimate of drug-likeness (QED) is 0.356. The first-order valence-corrected chi connectivity index (χ1v) is 8.15. The summed E-state index contributed by atoms with van der Waals surface area (Å²) in [7, 11) is 6.42. The summed E-state index contributed by atoms with van der Waals surface area (Å²) >= 11 is 4.80. The van der Waals surface area contributed by atoms with Gasteiger partial charge >= 0.3 is 0 Å². The van der Waals surface area contributed by atoms with E-state index >= 15 is 0 Å². The Kier molecular flexibility index (Phi) is 6.80. The first kappa shape index (κ1) is 18.9.